The van der Waals surface area contributed by atoms with E-state index in [0.29, 0.717) is 23.8 Å². The Morgan fingerprint density at radius 1 is 1.15 bits per heavy atom. The van der Waals surface area contributed by atoms with Crippen LogP contribution in [0.1, 0.15) is 48.5 Å². The van der Waals surface area contributed by atoms with Crippen LogP contribution in [0.3, 0.4) is 0 Å². The molecule has 2 aromatic rings. The molecule has 0 aliphatic heterocycles. The molecule has 0 unspecified atom stereocenters. The molecule has 1 amide bonds. The maximum Gasteiger partial charge on any atom is 0.255 e. The van der Waals surface area contributed by atoms with E-state index >= 15 is 0 Å². The minimum absolute atomic E-state index is 0.0834. The Bertz CT molecular complexity index is 804. The summed E-state index contributed by atoms with van der Waals surface area (Å²) in [6.07, 6.45) is 5.26. The van der Waals surface area contributed by atoms with Gasteiger partial charge >= 0.3 is 0 Å². The van der Waals surface area contributed by atoms with Crippen LogP contribution in [-0.2, 0) is 6.61 Å². The number of hydrogen-bond acceptors (Lipinski definition) is 2. The molecule has 2 saturated carbocycles. The Kier molecular flexibility index (Phi) is 5.15. The van der Waals surface area contributed by atoms with E-state index < -0.39 is 0 Å². The molecule has 2 aliphatic carbocycles. The molecule has 4 heteroatoms. The number of para-hydroxylation sites is 1. The highest BCUT2D eigenvalue weighted by molar-refractivity contribution is 5.97. The minimum atomic E-state index is -0.270. The van der Waals surface area contributed by atoms with E-state index in [1.165, 1.54) is 37.8 Å². The van der Waals surface area contributed by atoms with Crippen molar-refractivity contribution in [2.24, 2.45) is 17.8 Å². The second kappa shape index (κ2) is 7.71. The molecular formula is C23H26FNO2. The first-order valence-corrected chi connectivity index (χ1v) is 9.87. The lowest BCUT2D eigenvalue weighted by atomic mass is 9.84. The first-order chi connectivity index (χ1) is 13.1. The van der Waals surface area contributed by atoms with Crippen molar-refractivity contribution in [3.05, 3.63) is 65.5 Å². The fourth-order valence-electron chi connectivity index (χ4n) is 4.82. The number of nitrogens with one attached hydrogen (secondary N) is 1. The SMILES string of the molecule is C[C@@H](NC(=O)c1ccccc1OCc1ccc(F)cc1)[C@H]1C[C@H]2CC[C@H]1C2. The van der Waals surface area contributed by atoms with Crippen molar-refractivity contribution < 1.29 is 13.9 Å². The van der Waals surface area contributed by atoms with Gasteiger partial charge in [0, 0.05) is 6.04 Å². The number of carbonyl (C=O) groups excluding carboxylic acids is 1. The fourth-order valence-corrected chi connectivity index (χ4v) is 4.82. The normalized spacial score (nSPS) is 24.6. The van der Waals surface area contributed by atoms with Crippen molar-refractivity contribution >= 4 is 5.91 Å². The van der Waals surface area contributed by atoms with Crippen LogP contribution in [-0.4, -0.2) is 11.9 Å². The molecule has 0 aromatic heterocycles. The van der Waals surface area contributed by atoms with Crippen LogP contribution < -0.4 is 10.1 Å². The lowest BCUT2D eigenvalue weighted by Gasteiger charge is -2.28. The van der Waals surface area contributed by atoms with E-state index in [9.17, 15) is 9.18 Å². The molecule has 1 N–H and O–H groups in total. The number of benzene rings is 2. The molecule has 0 heterocycles. The van der Waals surface area contributed by atoms with E-state index in [2.05, 4.69) is 12.2 Å². The van der Waals surface area contributed by atoms with E-state index in [4.69, 9.17) is 4.74 Å². The van der Waals surface area contributed by atoms with Crippen LogP contribution in [0.25, 0.3) is 0 Å². The molecule has 2 fully saturated rings. The van der Waals surface area contributed by atoms with E-state index in [0.717, 1.165) is 17.4 Å². The summed E-state index contributed by atoms with van der Waals surface area (Å²) in [5.41, 5.74) is 1.41. The molecule has 2 aromatic carbocycles. The van der Waals surface area contributed by atoms with E-state index in [1.54, 1.807) is 24.3 Å². The smallest absolute Gasteiger partial charge is 0.255 e. The third kappa shape index (κ3) is 4.00. The van der Waals surface area contributed by atoms with Crippen molar-refractivity contribution in [1.29, 1.82) is 0 Å². The van der Waals surface area contributed by atoms with Gasteiger partial charge in [-0.2, -0.15) is 0 Å². The molecule has 4 atom stereocenters. The van der Waals surface area contributed by atoms with Crippen LogP contribution in [0.5, 0.6) is 5.75 Å². The zero-order chi connectivity index (χ0) is 18.8. The zero-order valence-electron chi connectivity index (χ0n) is 15.7. The van der Waals surface area contributed by atoms with Crippen molar-refractivity contribution in [1.82, 2.24) is 5.32 Å². The van der Waals surface area contributed by atoms with E-state index in [-0.39, 0.29) is 17.8 Å². The Labute approximate surface area is 159 Å². The van der Waals surface area contributed by atoms with Crippen LogP contribution in [0.15, 0.2) is 48.5 Å². The van der Waals surface area contributed by atoms with Crippen LogP contribution in [0, 0.1) is 23.6 Å². The predicted octanol–water partition coefficient (Wildman–Crippen LogP) is 4.96. The highest BCUT2D eigenvalue weighted by Gasteiger charge is 2.42. The van der Waals surface area contributed by atoms with Gasteiger partial charge in [-0.05, 0) is 73.8 Å². The van der Waals surface area contributed by atoms with Gasteiger partial charge in [0.15, 0.2) is 0 Å². The summed E-state index contributed by atoms with van der Waals surface area (Å²) in [5, 5.41) is 3.20. The van der Waals surface area contributed by atoms with Crippen molar-refractivity contribution in [3.8, 4) is 5.75 Å². The first-order valence-electron chi connectivity index (χ1n) is 9.87. The maximum absolute atomic E-state index is 13.0. The van der Waals surface area contributed by atoms with Crippen LogP contribution in [0.2, 0.25) is 0 Å². The number of hydrogen-bond donors (Lipinski definition) is 1. The fraction of sp³-hybridized carbons (Fsp3) is 0.435. The largest absolute Gasteiger partial charge is 0.488 e. The zero-order valence-corrected chi connectivity index (χ0v) is 15.7. The van der Waals surface area contributed by atoms with Gasteiger partial charge in [0.2, 0.25) is 0 Å². The predicted molar refractivity (Wildman–Crippen MR) is 103 cm³/mol. The molecule has 0 radical (unpaired) electrons. The second-order valence-corrected chi connectivity index (χ2v) is 8.01. The Morgan fingerprint density at radius 2 is 1.93 bits per heavy atom. The lowest BCUT2D eigenvalue weighted by molar-refractivity contribution is 0.0910. The standard InChI is InChI=1S/C23H26FNO2/c1-15(21-13-17-6-9-18(21)12-17)25-23(26)20-4-2-3-5-22(20)27-14-16-7-10-19(24)11-8-16/h2-5,7-8,10-11,15,17-18,21H,6,9,12-14H2,1H3,(H,25,26)/t15-,17+,18+,21-/m1/s1. The number of fused-ring (bicyclic) bond motifs is 2. The van der Waals surface area contributed by atoms with Gasteiger partial charge in [0.05, 0.1) is 5.56 Å². The second-order valence-electron chi connectivity index (χ2n) is 8.01. The van der Waals surface area contributed by atoms with Gasteiger partial charge in [0.25, 0.3) is 5.91 Å². The van der Waals surface area contributed by atoms with Gasteiger partial charge in [-0.1, -0.05) is 30.7 Å². The summed E-state index contributed by atoms with van der Waals surface area (Å²) in [6, 6.07) is 13.7. The Hall–Kier alpha value is -2.36. The van der Waals surface area contributed by atoms with Crippen LogP contribution >= 0.6 is 0 Å². The lowest BCUT2D eigenvalue weighted by Crippen LogP contribution is -2.40. The van der Waals surface area contributed by atoms with Crippen molar-refractivity contribution in [2.75, 3.05) is 0 Å². The third-order valence-corrected chi connectivity index (χ3v) is 6.23. The topological polar surface area (TPSA) is 38.3 Å². The number of rotatable bonds is 6. The number of amides is 1. The van der Waals surface area contributed by atoms with Gasteiger partial charge in [-0.15, -0.1) is 0 Å². The quantitative estimate of drug-likeness (QED) is 0.784. The molecule has 0 saturated heterocycles. The summed E-state index contributed by atoms with van der Waals surface area (Å²) >= 11 is 0. The molecule has 3 nitrogen and oxygen atoms in total. The average Bonchev–Trinajstić information content (AvgIpc) is 3.31. The minimum Gasteiger partial charge on any atom is -0.488 e. The summed E-state index contributed by atoms with van der Waals surface area (Å²) in [6.45, 7) is 2.43. The monoisotopic (exact) mass is 367 g/mol. The van der Waals surface area contributed by atoms with Crippen molar-refractivity contribution in [2.45, 2.75) is 45.3 Å². The summed E-state index contributed by atoms with van der Waals surface area (Å²) in [7, 11) is 0. The van der Waals surface area contributed by atoms with E-state index in [1.807, 2.05) is 12.1 Å². The molecule has 2 aliphatic rings. The van der Waals surface area contributed by atoms with Gasteiger partial charge in [-0.3, -0.25) is 4.79 Å². The van der Waals surface area contributed by atoms with Crippen LogP contribution in [0.4, 0.5) is 4.39 Å². The maximum atomic E-state index is 13.0. The van der Waals surface area contributed by atoms with Gasteiger partial charge in [0.1, 0.15) is 18.2 Å². The summed E-state index contributed by atoms with van der Waals surface area (Å²) < 4.78 is 18.9. The van der Waals surface area contributed by atoms with Gasteiger partial charge in [-0.25, -0.2) is 4.39 Å². The molecule has 0 spiro atoms. The molecule has 142 valence electrons. The highest BCUT2D eigenvalue weighted by Crippen LogP contribution is 2.49. The number of carbonyl (C=O) groups is 1. The summed E-state index contributed by atoms with van der Waals surface area (Å²) in [4.78, 5) is 12.9. The highest BCUT2D eigenvalue weighted by atomic mass is 19.1. The third-order valence-electron chi connectivity index (χ3n) is 6.23. The van der Waals surface area contributed by atoms with Crippen molar-refractivity contribution in [3.63, 3.8) is 0 Å². The molecule has 4 rings (SSSR count). The number of ether oxygens (including phenoxy) is 1. The number of halogens is 1. The average molecular weight is 367 g/mol. The summed E-state index contributed by atoms with van der Waals surface area (Å²) in [5.74, 6) is 2.44. The molecular weight excluding hydrogens is 341 g/mol. The molecule has 27 heavy (non-hydrogen) atoms. The Morgan fingerprint density at radius 3 is 2.63 bits per heavy atom. The van der Waals surface area contributed by atoms with Gasteiger partial charge < -0.3 is 10.1 Å². The first kappa shape index (κ1) is 18.0. The Balaban J connectivity index is 1.40. The molecule has 2 bridgehead atoms.